The number of esters is 1. The summed E-state index contributed by atoms with van der Waals surface area (Å²) in [6, 6.07) is 10.3. The molecule has 1 aliphatic rings. The molecule has 49 heavy (non-hydrogen) atoms. The van der Waals surface area contributed by atoms with Gasteiger partial charge in [0.05, 0.1) is 64.1 Å². The van der Waals surface area contributed by atoms with Crippen LogP contribution in [0, 0.1) is 20.2 Å². The predicted molar refractivity (Wildman–Crippen MR) is 180 cm³/mol. The number of rotatable bonds is 11. The van der Waals surface area contributed by atoms with Crippen LogP contribution in [0.25, 0.3) is 6.08 Å². The van der Waals surface area contributed by atoms with Crippen molar-refractivity contribution in [3.05, 3.63) is 115 Å². The van der Waals surface area contributed by atoms with Gasteiger partial charge in [-0.2, -0.15) is 0 Å². The van der Waals surface area contributed by atoms with Gasteiger partial charge in [0.1, 0.15) is 17.5 Å². The molecule has 3 aromatic carbocycles. The van der Waals surface area contributed by atoms with Crippen LogP contribution in [0.4, 0.5) is 11.4 Å². The molecular weight excluding hydrogens is 728 g/mol. The highest BCUT2D eigenvalue weighted by Crippen LogP contribution is 2.43. The molecule has 0 radical (unpaired) electrons. The quantitative estimate of drug-likeness (QED) is 0.111. The summed E-state index contributed by atoms with van der Waals surface area (Å²) in [7, 11) is 4.34. The Morgan fingerprint density at radius 3 is 2.35 bits per heavy atom. The summed E-state index contributed by atoms with van der Waals surface area (Å²) in [5.41, 5.74) is -0.0445. The Labute approximate surface area is 289 Å². The molecule has 0 amide bonds. The number of carbonyl (C=O) groups is 1. The zero-order valence-electron chi connectivity index (χ0n) is 26.5. The van der Waals surface area contributed by atoms with Gasteiger partial charge in [-0.3, -0.25) is 29.6 Å². The fourth-order valence-electron chi connectivity index (χ4n) is 5.17. The molecule has 0 saturated heterocycles. The molecule has 0 aliphatic carbocycles. The van der Waals surface area contributed by atoms with E-state index in [4.69, 9.17) is 23.7 Å². The van der Waals surface area contributed by atoms with Crippen LogP contribution in [0.5, 0.6) is 28.7 Å². The number of methoxy groups -OCH3 is 3. The topological polar surface area (TPSA) is 184 Å². The lowest BCUT2D eigenvalue weighted by Gasteiger charge is -2.26. The smallest absolute Gasteiger partial charge is 0.338 e. The lowest BCUT2D eigenvalue weighted by molar-refractivity contribution is -0.394. The summed E-state index contributed by atoms with van der Waals surface area (Å²) in [5, 5.41) is 22.8. The standard InChI is InChI=1S/C32H27BrN4O11S/c1-6-47-31(39)27-16(2)34-32-35(28(27)20-15-19(44-3)8-10-23(20)45-4)30(38)26(49-32)13-17-11-21(33)29(25(12-17)46-5)48-24-9-7-18(36(40)41)14-22(24)37(42)43/h7-15,28H,6H2,1-5H3/b26-13-/t28-/m0/s1. The van der Waals surface area contributed by atoms with Gasteiger partial charge in [-0.15, -0.1) is 0 Å². The third-order valence-corrected chi connectivity index (χ3v) is 8.93. The second-order valence-electron chi connectivity index (χ2n) is 10.2. The van der Waals surface area contributed by atoms with Crippen molar-refractivity contribution >= 4 is 50.7 Å². The average molecular weight is 756 g/mol. The Morgan fingerprint density at radius 1 is 1.00 bits per heavy atom. The van der Waals surface area contributed by atoms with Gasteiger partial charge in [0, 0.05) is 11.6 Å². The SMILES string of the molecule is CCOC(=O)C1=C(C)N=c2s/c(=C\c3cc(Br)c(Oc4ccc([N+](=O)[O-])cc4[N+](=O)[O-])c(OC)c3)c(=O)n2[C@H]1c1cc(OC)ccc1OC. The molecule has 0 bridgehead atoms. The molecule has 4 aromatic rings. The van der Waals surface area contributed by atoms with E-state index in [1.54, 1.807) is 50.3 Å². The second kappa shape index (κ2) is 14.3. The number of hydrogen-bond acceptors (Lipinski definition) is 13. The van der Waals surface area contributed by atoms with E-state index in [2.05, 4.69) is 20.9 Å². The van der Waals surface area contributed by atoms with Crippen LogP contribution < -0.4 is 33.8 Å². The van der Waals surface area contributed by atoms with Gasteiger partial charge in [-0.1, -0.05) is 11.3 Å². The van der Waals surface area contributed by atoms with E-state index in [1.807, 2.05) is 0 Å². The van der Waals surface area contributed by atoms with E-state index in [-0.39, 0.29) is 34.0 Å². The molecule has 5 rings (SSSR count). The van der Waals surface area contributed by atoms with Crippen LogP contribution in [-0.4, -0.2) is 48.3 Å². The number of carbonyl (C=O) groups excluding carboxylic acids is 1. The minimum absolute atomic E-state index is 0.0536. The summed E-state index contributed by atoms with van der Waals surface area (Å²) in [5.74, 6) is 0.198. The monoisotopic (exact) mass is 754 g/mol. The van der Waals surface area contributed by atoms with Gasteiger partial charge in [0.15, 0.2) is 16.3 Å². The maximum absolute atomic E-state index is 14.2. The Kier molecular flexibility index (Phi) is 10.1. The van der Waals surface area contributed by atoms with Crippen LogP contribution in [0.15, 0.2) is 74.1 Å². The molecule has 0 N–H and O–H groups in total. The van der Waals surface area contributed by atoms with Crippen LogP contribution in [0.1, 0.15) is 31.0 Å². The second-order valence-corrected chi connectivity index (χ2v) is 12.1. The summed E-state index contributed by atoms with van der Waals surface area (Å²) in [6.07, 6.45) is 1.60. The van der Waals surface area contributed by atoms with Gasteiger partial charge in [-0.25, -0.2) is 9.79 Å². The lowest BCUT2D eigenvalue weighted by Crippen LogP contribution is -2.40. The molecule has 17 heteroatoms. The Balaban J connectivity index is 1.65. The number of allylic oxidation sites excluding steroid dienone is 1. The molecule has 1 atom stereocenters. The first kappa shape index (κ1) is 34.8. The third kappa shape index (κ3) is 6.75. The molecule has 0 saturated carbocycles. The molecule has 1 aromatic heterocycles. The Morgan fingerprint density at radius 2 is 1.71 bits per heavy atom. The predicted octanol–water partition coefficient (Wildman–Crippen LogP) is 5.20. The van der Waals surface area contributed by atoms with E-state index < -0.39 is 38.8 Å². The number of halogens is 1. The fraction of sp³-hybridized carbons (Fsp3) is 0.219. The highest BCUT2D eigenvalue weighted by Gasteiger charge is 2.35. The van der Waals surface area contributed by atoms with Crippen LogP contribution >= 0.6 is 27.3 Å². The first-order chi connectivity index (χ1) is 23.4. The maximum atomic E-state index is 14.2. The molecule has 254 valence electrons. The summed E-state index contributed by atoms with van der Waals surface area (Å²) in [6.45, 7) is 3.45. The molecule has 15 nitrogen and oxygen atoms in total. The van der Waals surface area contributed by atoms with E-state index in [0.717, 1.165) is 29.5 Å². The summed E-state index contributed by atoms with van der Waals surface area (Å²) in [4.78, 5) is 53.7. The van der Waals surface area contributed by atoms with E-state index in [1.165, 1.54) is 25.9 Å². The van der Waals surface area contributed by atoms with Crippen molar-refractivity contribution in [2.75, 3.05) is 27.9 Å². The molecule has 2 heterocycles. The number of fused-ring (bicyclic) bond motifs is 1. The summed E-state index contributed by atoms with van der Waals surface area (Å²) >= 11 is 4.51. The van der Waals surface area contributed by atoms with Crippen molar-refractivity contribution in [1.82, 2.24) is 4.57 Å². The highest BCUT2D eigenvalue weighted by molar-refractivity contribution is 9.10. The van der Waals surface area contributed by atoms with Crippen molar-refractivity contribution in [3.8, 4) is 28.7 Å². The van der Waals surface area contributed by atoms with Gasteiger partial charge < -0.3 is 23.7 Å². The minimum atomic E-state index is -0.961. The number of aromatic nitrogens is 1. The zero-order chi connectivity index (χ0) is 35.6. The summed E-state index contributed by atoms with van der Waals surface area (Å²) < 4.78 is 29.8. The van der Waals surface area contributed by atoms with Crippen molar-refractivity contribution in [2.45, 2.75) is 19.9 Å². The normalized spacial score (nSPS) is 14.1. The van der Waals surface area contributed by atoms with E-state index >= 15 is 0 Å². The minimum Gasteiger partial charge on any atom is -0.497 e. The largest absolute Gasteiger partial charge is 0.497 e. The number of ether oxygens (including phenoxy) is 5. The Bertz CT molecular complexity index is 2230. The number of thiazole rings is 1. The van der Waals surface area contributed by atoms with E-state index in [9.17, 15) is 29.8 Å². The number of non-ortho nitro benzene ring substituents is 1. The van der Waals surface area contributed by atoms with E-state index in [0.29, 0.717) is 37.6 Å². The van der Waals surface area contributed by atoms with Gasteiger partial charge >= 0.3 is 11.7 Å². The van der Waals surface area contributed by atoms with Crippen molar-refractivity contribution < 1.29 is 38.3 Å². The number of nitro groups is 2. The van der Waals surface area contributed by atoms with Crippen LogP contribution in [-0.2, 0) is 9.53 Å². The number of benzene rings is 3. The molecule has 0 fully saturated rings. The molecule has 1 aliphatic heterocycles. The maximum Gasteiger partial charge on any atom is 0.338 e. The fourth-order valence-corrected chi connectivity index (χ4v) is 6.76. The number of hydrogen-bond donors (Lipinski definition) is 0. The van der Waals surface area contributed by atoms with Crippen molar-refractivity contribution in [3.63, 3.8) is 0 Å². The molecule has 0 spiro atoms. The third-order valence-electron chi connectivity index (χ3n) is 7.36. The number of nitrogens with zero attached hydrogens (tertiary/aromatic N) is 4. The van der Waals surface area contributed by atoms with Gasteiger partial charge in [0.2, 0.25) is 5.75 Å². The number of nitro benzene ring substituents is 2. The van der Waals surface area contributed by atoms with Crippen LogP contribution in [0.2, 0.25) is 0 Å². The molecular formula is C32H27BrN4O11S. The Hall–Kier alpha value is -5.55. The zero-order valence-corrected chi connectivity index (χ0v) is 28.9. The highest BCUT2D eigenvalue weighted by atomic mass is 79.9. The average Bonchev–Trinajstić information content (AvgIpc) is 3.38. The lowest BCUT2D eigenvalue weighted by atomic mass is 9.94. The first-order valence-electron chi connectivity index (χ1n) is 14.3. The molecule has 0 unspecified atom stereocenters. The van der Waals surface area contributed by atoms with Crippen molar-refractivity contribution in [1.29, 1.82) is 0 Å². The van der Waals surface area contributed by atoms with Crippen molar-refractivity contribution in [2.24, 2.45) is 4.99 Å². The first-order valence-corrected chi connectivity index (χ1v) is 15.9. The van der Waals surface area contributed by atoms with Gasteiger partial charge in [0.25, 0.3) is 11.2 Å². The van der Waals surface area contributed by atoms with Crippen LogP contribution in [0.3, 0.4) is 0 Å². The van der Waals surface area contributed by atoms with Gasteiger partial charge in [-0.05, 0) is 77.8 Å².